The maximum absolute atomic E-state index is 12.4. The van der Waals surface area contributed by atoms with Gasteiger partial charge in [-0.3, -0.25) is 14.5 Å². The molecule has 0 bridgehead atoms. The van der Waals surface area contributed by atoms with Crippen LogP contribution in [0.3, 0.4) is 0 Å². The number of pyridine rings is 1. The van der Waals surface area contributed by atoms with Gasteiger partial charge in [0.15, 0.2) is 0 Å². The van der Waals surface area contributed by atoms with Gasteiger partial charge in [-0.05, 0) is 24.3 Å². The van der Waals surface area contributed by atoms with Gasteiger partial charge in [-0.1, -0.05) is 6.07 Å². The number of nitrogens with zero attached hydrogens (tertiary/aromatic N) is 2. The highest BCUT2D eigenvalue weighted by atomic mass is 16.5. The van der Waals surface area contributed by atoms with Crippen LogP contribution in [-0.4, -0.2) is 61.2 Å². The maximum atomic E-state index is 12.4. The highest BCUT2D eigenvalue weighted by Crippen LogP contribution is 2.15. The van der Waals surface area contributed by atoms with Gasteiger partial charge in [0, 0.05) is 43.9 Å². The Labute approximate surface area is 163 Å². The van der Waals surface area contributed by atoms with E-state index in [-0.39, 0.29) is 11.8 Å². The molecular weight excluding hydrogens is 360 g/mol. The number of rotatable bonds is 7. The van der Waals surface area contributed by atoms with Gasteiger partial charge in [0.25, 0.3) is 5.91 Å². The number of nitrogens with one attached hydrogen (secondary N) is 2. The van der Waals surface area contributed by atoms with Crippen molar-refractivity contribution in [1.82, 2.24) is 9.88 Å². The van der Waals surface area contributed by atoms with Crippen LogP contribution in [0.1, 0.15) is 17.3 Å². The molecule has 1 aliphatic heterocycles. The molecule has 1 fully saturated rings. The third-order valence-corrected chi connectivity index (χ3v) is 4.20. The highest BCUT2D eigenvalue weighted by molar-refractivity contribution is 6.05. The number of ether oxygens (including phenoxy) is 2. The zero-order valence-corrected chi connectivity index (χ0v) is 15.8. The fourth-order valence-electron chi connectivity index (χ4n) is 2.79. The largest absolute Gasteiger partial charge is 0.476 e. The Hall–Kier alpha value is -2.97. The van der Waals surface area contributed by atoms with Gasteiger partial charge >= 0.3 is 0 Å². The van der Waals surface area contributed by atoms with E-state index in [4.69, 9.17) is 9.47 Å². The van der Waals surface area contributed by atoms with Crippen LogP contribution < -0.4 is 15.4 Å². The second-order valence-electron chi connectivity index (χ2n) is 6.40. The zero-order chi connectivity index (χ0) is 19.8. The van der Waals surface area contributed by atoms with Crippen molar-refractivity contribution in [2.45, 2.75) is 6.92 Å². The molecule has 0 unspecified atom stereocenters. The minimum Gasteiger partial charge on any atom is -0.476 e. The Morgan fingerprint density at radius 2 is 1.96 bits per heavy atom. The first-order chi connectivity index (χ1) is 13.6. The smallest absolute Gasteiger partial charge is 0.255 e. The van der Waals surface area contributed by atoms with E-state index in [0.717, 1.165) is 32.8 Å². The summed E-state index contributed by atoms with van der Waals surface area (Å²) < 4.78 is 11.0. The molecule has 1 saturated heterocycles. The monoisotopic (exact) mass is 384 g/mol. The predicted octanol–water partition coefficient (Wildman–Crippen LogP) is 2.00. The second-order valence-corrected chi connectivity index (χ2v) is 6.40. The van der Waals surface area contributed by atoms with Gasteiger partial charge in [0.1, 0.15) is 6.61 Å². The van der Waals surface area contributed by atoms with Gasteiger partial charge < -0.3 is 20.1 Å². The molecular formula is C20H24N4O4. The molecule has 3 rings (SSSR count). The van der Waals surface area contributed by atoms with Crippen molar-refractivity contribution in [2.24, 2.45) is 0 Å². The number of morpholine rings is 1. The molecule has 28 heavy (non-hydrogen) atoms. The first-order valence-corrected chi connectivity index (χ1v) is 9.18. The van der Waals surface area contributed by atoms with Crippen molar-refractivity contribution in [1.29, 1.82) is 0 Å². The number of hydrogen-bond donors (Lipinski definition) is 2. The van der Waals surface area contributed by atoms with Crippen LogP contribution in [0, 0.1) is 0 Å². The summed E-state index contributed by atoms with van der Waals surface area (Å²) in [4.78, 5) is 30.0. The number of amides is 2. The van der Waals surface area contributed by atoms with Crippen molar-refractivity contribution in [3.8, 4) is 5.88 Å². The number of aromatic nitrogens is 1. The minimum atomic E-state index is -0.282. The molecule has 1 aromatic heterocycles. The van der Waals surface area contributed by atoms with Crippen LogP contribution in [0.5, 0.6) is 5.88 Å². The van der Waals surface area contributed by atoms with Gasteiger partial charge in [-0.25, -0.2) is 4.98 Å². The number of anilines is 2. The molecule has 1 aliphatic rings. The molecule has 0 radical (unpaired) electrons. The van der Waals surface area contributed by atoms with Crippen LogP contribution >= 0.6 is 0 Å². The molecule has 2 amide bonds. The van der Waals surface area contributed by atoms with Crippen LogP contribution in [0.2, 0.25) is 0 Å². The molecule has 2 N–H and O–H groups in total. The van der Waals surface area contributed by atoms with Crippen LogP contribution in [0.25, 0.3) is 0 Å². The average Bonchev–Trinajstić information content (AvgIpc) is 2.70. The lowest BCUT2D eigenvalue weighted by atomic mass is 10.2. The van der Waals surface area contributed by atoms with E-state index in [1.165, 1.54) is 6.92 Å². The summed E-state index contributed by atoms with van der Waals surface area (Å²) in [5.41, 5.74) is 1.58. The lowest BCUT2D eigenvalue weighted by Crippen LogP contribution is -2.38. The van der Waals surface area contributed by atoms with Crippen molar-refractivity contribution in [3.63, 3.8) is 0 Å². The highest BCUT2D eigenvalue weighted by Gasteiger charge is 2.10. The molecule has 8 heteroatoms. The van der Waals surface area contributed by atoms with Gasteiger partial charge in [0.05, 0.1) is 25.1 Å². The number of carbonyl (C=O) groups is 2. The van der Waals surface area contributed by atoms with Crippen LogP contribution in [0.4, 0.5) is 11.4 Å². The Morgan fingerprint density at radius 3 is 2.68 bits per heavy atom. The fourth-order valence-corrected chi connectivity index (χ4v) is 2.79. The summed E-state index contributed by atoms with van der Waals surface area (Å²) in [5.74, 6) is 0.0415. The van der Waals surface area contributed by atoms with Crippen LogP contribution in [0.15, 0.2) is 42.6 Å². The molecule has 2 aromatic rings. The number of hydrogen-bond acceptors (Lipinski definition) is 6. The third kappa shape index (κ3) is 6.04. The number of benzene rings is 1. The summed E-state index contributed by atoms with van der Waals surface area (Å²) in [6.45, 7) is 6.17. The molecule has 1 aromatic carbocycles. The average molecular weight is 384 g/mol. The Kier molecular flexibility index (Phi) is 6.94. The second kappa shape index (κ2) is 9.82. The van der Waals surface area contributed by atoms with E-state index in [1.54, 1.807) is 42.6 Å². The van der Waals surface area contributed by atoms with Gasteiger partial charge in [0.2, 0.25) is 11.8 Å². The number of carbonyl (C=O) groups excluding carboxylic acids is 2. The topological polar surface area (TPSA) is 92.8 Å². The van der Waals surface area contributed by atoms with E-state index < -0.39 is 0 Å². The van der Waals surface area contributed by atoms with Gasteiger partial charge in [-0.2, -0.15) is 0 Å². The lowest BCUT2D eigenvalue weighted by Gasteiger charge is -2.26. The summed E-state index contributed by atoms with van der Waals surface area (Å²) in [6, 6.07) is 10.2. The van der Waals surface area contributed by atoms with E-state index in [9.17, 15) is 9.59 Å². The molecule has 2 heterocycles. The lowest BCUT2D eigenvalue weighted by molar-refractivity contribution is -0.114. The van der Waals surface area contributed by atoms with Crippen molar-refractivity contribution >= 4 is 23.2 Å². The molecule has 0 saturated carbocycles. The Balaban J connectivity index is 1.49. The van der Waals surface area contributed by atoms with Crippen molar-refractivity contribution in [2.75, 3.05) is 50.1 Å². The molecule has 0 aliphatic carbocycles. The van der Waals surface area contributed by atoms with E-state index in [2.05, 4.69) is 20.5 Å². The quantitative estimate of drug-likeness (QED) is 0.759. The molecule has 0 atom stereocenters. The maximum Gasteiger partial charge on any atom is 0.255 e. The Morgan fingerprint density at radius 1 is 1.14 bits per heavy atom. The van der Waals surface area contributed by atoms with E-state index >= 15 is 0 Å². The van der Waals surface area contributed by atoms with E-state index in [0.29, 0.717) is 29.4 Å². The summed E-state index contributed by atoms with van der Waals surface area (Å²) in [7, 11) is 0. The normalized spacial score (nSPS) is 14.3. The Bertz CT molecular complexity index is 804. The summed E-state index contributed by atoms with van der Waals surface area (Å²) in [5, 5.41) is 5.44. The molecule has 8 nitrogen and oxygen atoms in total. The summed E-state index contributed by atoms with van der Waals surface area (Å²) in [6.07, 6.45) is 1.56. The molecule has 0 spiro atoms. The standard InChI is InChI=1S/C20H24N4O4/c1-15(25)22-17-4-2-3-16(13-17)20(26)23-18-5-6-19(21-14-18)28-12-9-24-7-10-27-11-8-24/h2-6,13-14H,7-12H2,1H3,(H,22,25)(H,23,26). The summed E-state index contributed by atoms with van der Waals surface area (Å²) >= 11 is 0. The van der Waals surface area contributed by atoms with Crippen molar-refractivity contribution in [3.05, 3.63) is 48.2 Å². The van der Waals surface area contributed by atoms with Crippen molar-refractivity contribution < 1.29 is 19.1 Å². The third-order valence-electron chi connectivity index (χ3n) is 4.20. The minimum absolute atomic E-state index is 0.189. The first kappa shape index (κ1) is 19.8. The predicted molar refractivity (Wildman–Crippen MR) is 106 cm³/mol. The van der Waals surface area contributed by atoms with Gasteiger partial charge in [-0.15, -0.1) is 0 Å². The fraction of sp³-hybridized carbons (Fsp3) is 0.350. The molecule has 148 valence electrons. The zero-order valence-electron chi connectivity index (χ0n) is 15.8. The van der Waals surface area contributed by atoms with E-state index in [1.807, 2.05) is 0 Å². The first-order valence-electron chi connectivity index (χ1n) is 9.18. The SMILES string of the molecule is CC(=O)Nc1cccc(C(=O)Nc2ccc(OCCN3CCOCC3)nc2)c1. The van der Waals surface area contributed by atoms with Crippen LogP contribution in [-0.2, 0) is 9.53 Å².